The van der Waals surface area contributed by atoms with Crippen molar-refractivity contribution in [3.05, 3.63) is 24.3 Å². The SMILES string of the molecule is CN1CCN(CC2(C)COCC2N)c2ccccc21. The highest BCUT2D eigenvalue weighted by Crippen LogP contribution is 2.36. The minimum atomic E-state index is 0.0586. The lowest BCUT2D eigenvalue weighted by molar-refractivity contribution is 0.161. The number of nitrogens with zero attached hydrogens (tertiary/aromatic N) is 2. The van der Waals surface area contributed by atoms with Crippen molar-refractivity contribution in [2.75, 3.05) is 49.7 Å². The fourth-order valence-corrected chi connectivity index (χ4v) is 3.06. The first-order valence-electron chi connectivity index (χ1n) is 6.99. The van der Waals surface area contributed by atoms with E-state index in [0.29, 0.717) is 6.61 Å². The lowest BCUT2D eigenvalue weighted by Crippen LogP contribution is -2.50. The second-order valence-corrected chi connectivity index (χ2v) is 6.11. The molecule has 19 heavy (non-hydrogen) atoms. The van der Waals surface area contributed by atoms with Crippen LogP contribution in [0.2, 0.25) is 0 Å². The molecule has 104 valence electrons. The lowest BCUT2D eigenvalue weighted by atomic mass is 9.85. The number of para-hydroxylation sites is 2. The van der Waals surface area contributed by atoms with E-state index < -0.39 is 0 Å². The minimum Gasteiger partial charge on any atom is -0.379 e. The predicted octanol–water partition coefficient (Wildman–Crippen LogP) is 1.31. The van der Waals surface area contributed by atoms with Crippen LogP contribution in [0.5, 0.6) is 0 Å². The summed E-state index contributed by atoms with van der Waals surface area (Å²) in [6, 6.07) is 8.74. The molecule has 4 heteroatoms. The zero-order valence-corrected chi connectivity index (χ0v) is 11.8. The molecular weight excluding hydrogens is 238 g/mol. The third-order valence-electron chi connectivity index (χ3n) is 4.52. The van der Waals surface area contributed by atoms with Gasteiger partial charge in [-0.1, -0.05) is 19.1 Å². The molecule has 2 aliphatic rings. The zero-order chi connectivity index (χ0) is 13.5. The van der Waals surface area contributed by atoms with Gasteiger partial charge in [-0.05, 0) is 12.1 Å². The molecule has 1 aromatic carbocycles. The molecule has 2 atom stereocenters. The number of likely N-dealkylation sites (N-methyl/N-ethyl adjacent to an activating group) is 1. The molecule has 1 saturated heterocycles. The second kappa shape index (κ2) is 4.69. The quantitative estimate of drug-likeness (QED) is 0.871. The Morgan fingerprint density at radius 2 is 2.05 bits per heavy atom. The van der Waals surface area contributed by atoms with Gasteiger partial charge in [-0.15, -0.1) is 0 Å². The van der Waals surface area contributed by atoms with Gasteiger partial charge in [0.05, 0.1) is 24.6 Å². The molecule has 4 nitrogen and oxygen atoms in total. The summed E-state index contributed by atoms with van der Waals surface area (Å²) >= 11 is 0. The molecule has 0 saturated carbocycles. The molecule has 0 radical (unpaired) electrons. The number of anilines is 2. The van der Waals surface area contributed by atoms with E-state index in [4.69, 9.17) is 10.5 Å². The monoisotopic (exact) mass is 261 g/mol. The number of fused-ring (bicyclic) bond motifs is 1. The molecule has 0 amide bonds. The number of hydrogen-bond donors (Lipinski definition) is 1. The van der Waals surface area contributed by atoms with Crippen molar-refractivity contribution in [1.29, 1.82) is 0 Å². The van der Waals surface area contributed by atoms with Crippen LogP contribution >= 0.6 is 0 Å². The summed E-state index contributed by atoms with van der Waals surface area (Å²) in [6.07, 6.45) is 0. The number of rotatable bonds is 2. The van der Waals surface area contributed by atoms with Crippen LogP contribution in [0, 0.1) is 5.41 Å². The third-order valence-corrected chi connectivity index (χ3v) is 4.52. The predicted molar refractivity (Wildman–Crippen MR) is 78.8 cm³/mol. The average Bonchev–Trinajstić information content (AvgIpc) is 2.74. The van der Waals surface area contributed by atoms with Gasteiger partial charge in [0.25, 0.3) is 0 Å². The van der Waals surface area contributed by atoms with E-state index in [2.05, 4.69) is 48.0 Å². The van der Waals surface area contributed by atoms with Gasteiger partial charge in [-0.2, -0.15) is 0 Å². The maximum Gasteiger partial charge on any atom is 0.0624 e. The average molecular weight is 261 g/mol. The van der Waals surface area contributed by atoms with Crippen molar-refractivity contribution in [2.45, 2.75) is 13.0 Å². The molecule has 2 unspecified atom stereocenters. The highest BCUT2D eigenvalue weighted by atomic mass is 16.5. The summed E-state index contributed by atoms with van der Waals surface area (Å²) in [5.74, 6) is 0. The summed E-state index contributed by atoms with van der Waals surface area (Å²) in [7, 11) is 2.16. The number of ether oxygens (including phenoxy) is 1. The van der Waals surface area contributed by atoms with Gasteiger partial charge >= 0.3 is 0 Å². The van der Waals surface area contributed by atoms with Crippen molar-refractivity contribution in [2.24, 2.45) is 11.1 Å². The van der Waals surface area contributed by atoms with Crippen molar-refractivity contribution < 1.29 is 4.74 Å². The topological polar surface area (TPSA) is 41.7 Å². The van der Waals surface area contributed by atoms with Crippen LogP contribution in [0.25, 0.3) is 0 Å². The van der Waals surface area contributed by atoms with E-state index in [1.54, 1.807) is 0 Å². The van der Waals surface area contributed by atoms with Crippen molar-refractivity contribution in [1.82, 2.24) is 0 Å². The summed E-state index contributed by atoms with van der Waals surface area (Å²) in [5, 5.41) is 0. The van der Waals surface area contributed by atoms with Crippen LogP contribution in [0.15, 0.2) is 24.3 Å². The molecule has 0 bridgehead atoms. The van der Waals surface area contributed by atoms with E-state index in [-0.39, 0.29) is 11.5 Å². The smallest absolute Gasteiger partial charge is 0.0624 e. The van der Waals surface area contributed by atoms with E-state index in [9.17, 15) is 0 Å². The third kappa shape index (κ3) is 2.19. The first kappa shape index (κ1) is 12.8. The number of nitrogens with two attached hydrogens (primary N) is 1. The van der Waals surface area contributed by atoms with Crippen molar-refractivity contribution in [3.63, 3.8) is 0 Å². The molecule has 2 heterocycles. The molecule has 0 aromatic heterocycles. The summed E-state index contributed by atoms with van der Waals surface area (Å²) in [5.41, 5.74) is 8.90. The Bertz CT molecular complexity index is 464. The molecule has 0 aliphatic carbocycles. The van der Waals surface area contributed by atoms with Gasteiger partial charge in [0.2, 0.25) is 0 Å². The van der Waals surface area contributed by atoms with Gasteiger partial charge < -0.3 is 20.3 Å². The van der Waals surface area contributed by atoms with E-state index in [0.717, 1.165) is 26.2 Å². The summed E-state index contributed by atoms with van der Waals surface area (Å²) in [4.78, 5) is 4.78. The Kier molecular flexibility index (Phi) is 3.15. The maximum absolute atomic E-state index is 6.22. The largest absolute Gasteiger partial charge is 0.379 e. The van der Waals surface area contributed by atoms with Gasteiger partial charge in [0, 0.05) is 38.1 Å². The number of benzene rings is 1. The van der Waals surface area contributed by atoms with Gasteiger partial charge in [0.1, 0.15) is 0 Å². The Balaban J connectivity index is 1.85. The zero-order valence-electron chi connectivity index (χ0n) is 11.8. The molecule has 3 rings (SSSR count). The molecule has 2 N–H and O–H groups in total. The Hall–Kier alpha value is -1.26. The molecule has 2 aliphatic heterocycles. The fourth-order valence-electron chi connectivity index (χ4n) is 3.06. The Morgan fingerprint density at radius 1 is 1.32 bits per heavy atom. The summed E-state index contributed by atoms with van der Waals surface area (Å²) < 4.78 is 5.56. The van der Waals surface area contributed by atoms with Gasteiger partial charge in [-0.3, -0.25) is 0 Å². The minimum absolute atomic E-state index is 0.0586. The van der Waals surface area contributed by atoms with Crippen LogP contribution in [0.3, 0.4) is 0 Å². The molecular formula is C15H23N3O. The van der Waals surface area contributed by atoms with Gasteiger partial charge in [0.15, 0.2) is 0 Å². The first-order valence-corrected chi connectivity index (χ1v) is 6.99. The Morgan fingerprint density at radius 3 is 2.74 bits per heavy atom. The normalized spacial score (nSPS) is 30.6. The standard InChI is InChI=1S/C15H23N3O/c1-15(11-19-9-14(15)16)10-18-8-7-17(2)12-5-3-4-6-13(12)18/h3-6,14H,7-11,16H2,1-2H3. The first-order chi connectivity index (χ1) is 9.10. The molecule has 0 spiro atoms. The number of hydrogen-bond acceptors (Lipinski definition) is 4. The lowest BCUT2D eigenvalue weighted by Gasteiger charge is -2.41. The van der Waals surface area contributed by atoms with Crippen LogP contribution < -0.4 is 15.5 Å². The van der Waals surface area contributed by atoms with Crippen molar-refractivity contribution in [3.8, 4) is 0 Å². The van der Waals surface area contributed by atoms with Crippen LogP contribution in [-0.4, -0.2) is 45.9 Å². The van der Waals surface area contributed by atoms with Crippen LogP contribution in [-0.2, 0) is 4.74 Å². The fraction of sp³-hybridized carbons (Fsp3) is 0.600. The van der Waals surface area contributed by atoms with E-state index >= 15 is 0 Å². The van der Waals surface area contributed by atoms with Crippen molar-refractivity contribution >= 4 is 11.4 Å². The molecule has 1 fully saturated rings. The highest BCUT2D eigenvalue weighted by Gasteiger charge is 2.40. The summed E-state index contributed by atoms with van der Waals surface area (Å²) in [6.45, 7) is 6.78. The Labute approximate surface area is 115 Å². The maximum atomic E-state index is 6.22. The van der Waals surface area contributed by atoms with Crippen LogP contribution in [0.1, 0.15) is 6.92 Å². The van der Waals surface area contributed by atoms with Crippen LogP contribution in [0.4, 0.5) is 11.4 Å². The van der Waals surface area contributed by atoms with E-state index in [1.807, 2.05) is 0 Å². The second-order valence-electron chi connectivity index (χ2n) is 6.11. The van der Waals surface area contributed by atoms with Gasteiger partial charge in [-0.25, -0.2) is 0 Å². The molecule has 1 aromatic rings. The van der Waals surface area contributed by atoms with E-state index in [1.165, 1.54) is 11.4 Å². The highest BCUT2D eigenvalue weighted by molar-refractivity contribution is 5.73.